The number of anilines is 1. The Morgan fingerprint density at radius 1 is 1.12 bits per heavy atom. The maximum Gasteiger partial charge on any atom is 0.335 e. The van der Waals surface area contributed by atoms with E-state index in [1.807, 2.05) is 6.07 Å². The van der Waals surface area contributed by atoms with Crippen LogP contribution >= 0.6 is 39.1 Å². The van der Waals surface area contributed by atoms with E-state index in [9.17, 15) is 14.9 Å². The Kier molecular flexibility index (Phi) is 8.12. The molecule has 1 amide bonds. The van der Waals surface area contributed by atoms with Crippen molar-refractivity contribution in [2.75, 3.05) is 5.32 Å². The van der Waals surface area contributed by atoms with Crippen LogP contribution in [0.1, 0.15) is 21.5 Å². The Hall–Kier alpha value is -3.31. The summed E-state index contributed by atoms with van der Waals surface area (Å²) in [6, 6.07) is 18.1. The minimum Gasteiger partial charge on any atom is -0.488 e. The average Bonchev–Trinajstić information content (AvgIpc) is 2.80. The molecule has 0 saturated carbocycles. The third kappa shape index (κ3) is 6.36. The summed E-state index contributed by atoms with van der Waals surface area (Å²) < 4.78 is 6.59. The second-order valence-corrected chi connectivity index (χ2v) is 8.40. The van der Waals surface area contributed by atoms with E-state index in [2.05, 4.69) is 21.2 Å². The van der Waals surface area contributed by atoms with Gasteiger partial charge in [-0.1, -0.05) is 57.3 Å². The number of nitrogens with one attached hydrogen (secondary N) is 1. The molecule has 0 aliphatic heterocycles. The van der Waals surface area contributed by atoms with Gasteiger partial charge in [0.15, 0.2) is 0 Å². The number of nitrogens with zero attached hydrogens (tertiary/aromatic N) is 1. The summed E-state index contributed by atoms with van der Waals surface area (Å²) in [6.45, 7) is 0.161. The molecule has 0 radical (unpaired) electrons. The molecule has 0 saturated heterocycles. The van der Waals surface area contributed by atoms with Gasteiger partial charge in [-0.05, 0) is 54.1 Å². The van der Waals surface area contributed by atoms with Crippen molar-refractivity contribution >= 4 is 62.8 Å². The Morgan fingerprint density at radius 2 is 1.85 bits per heavy atom. The average molecular weight is 546 g/mol. The van der Waals surface area contributed by atoms with E-state index >= 15 is 0 Å². The molecule has 166 valence electrons. The van der Waals surface area contributed by atoms with Crippen LogP contribution in [0.15, 0.2) is 70.7 Å². The molecule has 3 aromatic rings. The number of halogens is 3. The van der Waals surface area contributed by atoms with Crippen molar-refractivity contribution in [2.24, 2.45) is 0 Å². The van der Waals surface area contributed by atoms with Crippen LogP contribution in [0.25, 0.3) is 6.08 Å². The first kappa shape index (κ1) is 24.3. The first-order valence-corrected chi connectivity index (χ1v) is 10.9. The Bertz CT molecular complexity index is 1280. The van der Waals surface area contributed by atoms with Crippen molar-refractivity contribution in [3.8, 4) is 11.8 Å². The van der Waals surface area contributed by atoms with Crippen molar-refractivity contribution in [3.63, 3.8) is 0 Å². The SMILES string of the molecule is N#C/C(=C/c1cc(Br)ccc1OCc1ccc(C(=O)O)cc1)C(=O)Nc1cccc(Cl)c1Cl. The predicted molar refractivity (Wildman–Crippen MR) is 131 cm³/mol. The van der Waals surface area contributed by atoms with Crippen LogP contribution in [0.2, 0.25) is 10.0 Å². The standard InChI is InChI=1S/C24H15BrCl2N2O4/c25-18-8-9-21(33-13-14-4-6-15(7-5-14)24(31)32)16(11-18)10-17(12-28)23(30)29-20-3-1-2-19(26)22(20)27/h1-11H,13H2,(H,29,30)(H,31,32)/b17-10-. The zero-order chi connectivity index (χ0) is 24.0. The highest BCUT2D eigenvalue weighted by molar-refractivity contribution is 9.10. The lowest BCUT2D eigenvalue weighted by molar-refractivity contribution is -0.112. The van der Waals surface area contributed by atoms with Crippen LogP contribution in [-0.2, 0) is 11.4 Å². The van der Waals surface area contributed by atoms with Gasteiger partial charge in [0.05, 0.1) is 21.3 Å². The minimum absolute atomic E-state index is 0.161. The smallest absolute Gasteiger partial charge is 0.335 e. The summed E-state index contributed by atoms with van der Waals surface area (Å²) in [7, 11) is 0. The van der Waals surface area contributed by atoms with Crippen LogP contribution in [0.5, 0.6) is 5.75 Å². The van der Waals surface area contributed by atoms with Gasteiger partial charge in [-0.2, -0.15) is 5.26 Å². The first-order chi connectivity index (χ1) is 15.8. The molecule has 3 rings (SSSR count). The summed E-state index contributed by atoms with van der Waals surface area (Å²) in [6.07, 6.45) is 1.40. The van der Waals surface area contributed by atoms with Gasteiger partial charge in [0.2, 0.25) is 0 Å². The predicted octanol–water partition coefficient (Wildman–Crippen LogP) is 6.58. The monoisotopic (exact) mass is 544 g/mol. The highest BCUT2D eigenvalue weighted by Gasteiger charge is 2.14. The number of ether oxygens (including phenoxy) is 1. The van der Waals surface area contributed by atoms with Crippen molar-refractivity contribution in [2.45, 2.75) is 6.61 Å². The van der Waals surface area contributed by atoms with E-state index < -0.39 is 11.9 Å². The van der Waals surface area contributed by atoms with Crippen molar-refractivity contribution in [3.05, 3.63) is 97.4 Å². The normalized spacial score (nSPS) is 10.9. The van der Waals surface area contributed by atoms with Crippen molar-refractivity contribution < 1.29 is 19.4 Å². The molecule has 9 heteroatoms. The Morgan fingerprint density at radius 3 is 2.52 bits per heavy atom. The lowest BCUT2D eigenvalue weighted by Gasteiger charge is -2.11. The Labute approximate surface area is 208 Å². The summed E-state index contributed by atoms with van der Waals surface area (Å²) >= 11 is 15.5. The van der Waals surface area contributed by atoms with E-state index in [0.29, 0.717) is 11.3 Å². The molecule has 0 bridgehead atoms. The number of carboxylic acids is 1. The zero-order valence-corrected chi connectivity index (χ0v) is 19.9. The van der Waals surface area contributed by atoms with Crippen LogP contribution < -0.4 is 10.1 Å². The fourth-order valence-corrected chi connectivity index (χ4v) is 3.49. The fraction of sp³-hybridized carbons (Fsp3) is 0.0417. The zero-order valence-electron chi connectivity index (χ0n) is 16.8. The van der Waals surface area contributed by atoms with Crippen molar-refractivity contribution in [1.29, 1.82) is 5.26 Å². The number of hydrogen-bond acceptors (Lipinski definition) is 4. The number of aromatic carboxylic acids is 1. The molecule has 0 aliphatic rings. The van der Waals surface area contributed by atoms with Gasteiger partial charge in [-0.15, -0.1) is 0 Å². The molecule has 6 nitrogen and oxygen atoms in total. The van der Waals surface area contributed by atoms with E-state index in [1.54, 1.807) is 48.5 Å². The number of amides is 1. The number of benzene rings is 3. The third-order valence-corrected chi connectivity index (χ3v) is 5.74. The summed E-state index contributed by atoms with van der Waals surface area (Å²) in [4.78, 5) is 23.7. The van der Waals surface area contributed by atoms with Gasteiger partial charge in [-0.25, -0.2) is 4.79 Å². The summed E-state index contributed by atoms with van der Waals surface area (Å²) in [5.74, 6) is -1.23. The van der Waals surface area contributed by atoms with Crippen LogP contribution in [0.3, 0.4) is 0 Å². The summed E-state index contributed by atoms with van der Waals surface area (Å²) in [5.41, 5.74) is 1.54. The molecule has 0 atom stereocenters. The second kappa shape index (κ2) is 11.0. The number of hydrogen-bond donors (Lipinski definition) is 2. The second-order valence-electron chi connectivity index (χ2n) is 6.70. The van der Waals surface area contributed by atoms with E-state index in [4.69, 9.17) is 33.0 Å². The van der Waals surface area contributed by atoms with Gasteiger partial charge in [-0.3, -0.25) is 4.79 Å². The largest absolute Gasteiger partial charge is 0.488 e. The van der Waals surface area contributed by atoms with Crippen LogP contribution in [0.4, 0.5) is 5.69 Å². The van der Waals surface area contributed by atoms with Crippen LogP contribution in [-0.4, -0.2) is 17.0 Å². The third-order valence-electron chi connectivity index (χ3n) is 4.43. The maximum absolute atomic E-state index is 12.7. The van der Waals surface area contributed by atoms with Gasteiger partial charge >= 0.3 is 5.97 Å². The summed E-state index contributed by atoms with van der Waals surface area (Å²) in [5, 5.41) is 21.6. The lowest BCUT2D eigenvalue weighted by atomic mass is 10.1. The first-order valence-electron chi connectivity index (χ1n) is 9.40. The number of nitriles is 1. The Balaban J connectivity index is 1.82. The maximum atomic E-state index is 12.7. The lowest BCUT2D eigenvalue weighted by Crippen LogP contribution is -2.14. The molecule has 2 N–H and O–H groups in total. The fourth-order valence-electron chi connectivity index (χ4n) is 2.76. The highest BCUT2D eigenvalue weighted by Crippen LogP contribution is 2.30. The van der Waals surface area contributed by atoms with E-state index in [1.165, 1.54) is 18.2 Å². The molecular formula is C24H15BrCl2N2O4. The van der Waals surface area contributed by atoms with Gasteiger partial charge in [0.25, 0.3) is 5.91 Å². The molecule has 0 aromatic heterocycles. The molecule has 0 heterocycles. The quantitative estimate of drug-likeness (QED) is 0.258. The number of carboxylic acid groups (broad SMARTS) is 1. The van der Waals surface area contributed by atoms with Crippen LogP contribution in [0, 0.1) is 11.3 Å². The molecule has 0 fully saturated rings. The highest BCUT2D eigenvalue weighted by atomic mass is 79.9. The van der Waals surface area contributed by atoms with Crippen molar-refractivity contribution in [1.82, 2.24) is 0 Å². The van der Waals surface area contributed by atoms with E-state index in [-0.39, 0.29) is 33.5 Å². The van der Waals surface area contributed by atoms with Gasteiger partial charge in [0.1, 0.15) is 24.0 Å². The van der Waals surface area contributed by atoms with Gasteiger partial charge in [0, 0.05) is 10.0 Å². The topological polar surface area (TPSA) is 99.4 Å². The molecule has 0 spiro atoms. The van der Waals surface area contributed by atoms with E-state index in [0.717, 1.165) is 10.0 Å². The minimum atomic E-state index is -1.01. The molecule has 3 aromatic carbocycles. The number of carbonyl (C=O) groups excluding carboxylic acids is 1. The number of carbonyl (C=O) groups is 2. The molecule has 33 heavy (non-hydrogen) atoms. The number of rotatable bonds is 7. The molecule has 0 aliphatic carbocycles. The van der Waals surface area contributed by atoms with Gasteiger partial charge < -0.3 is 15.2 Å². The molecular weight excluding hydrogens is 531 g/mol. The molecule has 0 unspecified atom stereocenters.